The van der Waals surface area contributed by atoms with Crippen molar-refractivity contribution in [3.8, 4) is 0 Å². The second-order valence-corrected chi connectivity index (χ2v) is 6.26. The van der Waals surface area contributed by atoms with Crippen molar-refractivity contribution in [1.82, 2.24) is 9.97 Å². The SMILES string of the molecule is CCc1ccccc1NC(=O)Nc1c(C)nc(N2CCOCC2)nc1C. The van der Waals surface area contributed by atoms with Gasteiger partial charge in [-0.25, -0.2) is 14.8 Å². The van der Waals surface area contributed by atoms with Crippen molar-refractivity contribution >= 4 is 23.4 Å². The van der Waals surface area contributed by atoms with Crippen molar-refractivity contribution in [2.24, 2.45) is 0 Å². The summed E-state index contributed by atoms with van der Waals surface area (Å²) < 4.78 is 5.37. The monoisotopic (exact) mass is 355 g/mol. The van der Waals surface area contributed by atoms with Gasteiger partial charge in [-0.05, 0) is 31.9 Å². The largest absolute Gasteiger partial charge is 0.378 e. The third-order valence-electron chi connectivity index (χ3n) is 4.44. The smallest absolute Gasteiger partial charge is 0.323 e. The fraction of sp³-hybridized carbons (Fsp3) is 0.421. The molecule has 1 fully saturated rings. The van der Waals surface area contributed by atoms with Crippen LogP contribution in [0.4, 0.5) is 22.1 Å². The Bertz CT molecular complexity index is 764. The first-order chi connectivity index (χ1) is 12.6. The van der Waals surface area contributed by atoms with E-state index in [0.717, 1.165) is 42.1 Å². The van der Waals surface area contributed by atoms with Gasteiger partial charge in [-0.3, -0.25) is 0 Å². The van der Waals surface area contributed by atoms with Gasteiger partial charge in [-0.2, -0.15) is 0 Å². The highest BCUT2D eigenvalue weighted by Crippen LogP contribution is 2.22. The molecule has 1 aliphatic heterocycles. The topological polar surface area (TPSA) is 79.4 Å². The molecule has 3 rings (SSSR count). The molecule has 2 amide bonds. The van der Waals surface area contributed by atoms with Crippen LogP contribution in [0.1, 0.15) is 23.9 Å². The summed E-state index contributed by atoms with van der Waals surface area (Å²) in [5, 5.41) is 5.80. The van der Waals surface area contributed by atoms with Crippen molar-refractivity contribution in [2.45, 2.75) is 27.2 Å². The number of urea groups is 1. The second kappa shape index (κ2) is 8.14. The van der Waals surface area contributed by atoms with E-state index in [4.69, 9.17) is 4.74 Å². The summed E-state index contributed by atoms with van der Waals surface area (Å²) in [6.07, 6.45) is 0.853. The number of para-hydroxylation sites is 1. The molecular weight excluding hydrogens is 330 g/mol. The molecule has 0 aliphatic carbocycles. The minimum absolute atomic E-state index is 0.292. The van der Waals surface area contributed by atoms with Crippen molar-refractivity contribution < 1.29 is 9.53 Å². The maximum Gasteiger partial charge on any atom is 0.323 e. The minimum Gasteiger partial charge on any atom is -0.378 e. The van der Waals surface area contributed by atoms with E-state index < -0.39 is 0 Å². The summed E-state index contributed by atoms with van der Waals surface area (Å²) in [6, 6.07) is 7.49. The minimum atomic E-state index is -0.292. The van der Waals surface area contributed by atoms with E-state index in [-0.39, 0.29) is 6.03 Å². The van der Waals surface area contributed by atoms with Gasteiger partial charge < -0.3 is 20.3 Å². The number of rotatable bonds is 4. The molecule has 0 atom stereocenters. The average molecular weight is 355 g/mol. The molecule has 1 aliphatic rings. The fourth-order valence-electron chi connectivity index (χ4n) is 3.00. The normalized spacial score (nSPS) is 14.2. The molecule has 0 spiro atoms. The van der Waals surface area contributed by atoms with Crippen molar-refractivity contribution in [3.05, 3.63) is 41.2 Å². The molecule has 0 radical (unpaired) electrons. The van der Waals surface area contributed by atoms with Gasteiger partial charge in [0.1, 0.15) is 0 Å². The number of aromatic nitrogens is 2. The van der Waals surface area contributed by atoms with Crippen molar-refractivity contribution in [2.75, 3.05) is 41.8 Å². The number of amides is 2. The highest BCUT2D eigenvalue weighted by Gasteiger charge is 2.18. The van der Waals surface area contributed by atoms with Gasteiger partial charge in [0.2, 0.25) is 5.95 Å². The van der Waals surface area contributed by atoms with Crippen LogP contribution in [-0.4, -0.2) is 42.3 Å². The Kier molecular flexibility index (Phi) is 5.68. The van der Waals surface area contributed by atoms with Crippen LogP contribution in [0, 0.1) is 13.8 Å². The van der Waals surface area contributed by atoms with Crippen LogP contribution in [0.25, 0.3) is 0 Å². The summed E-state index contributed by atoms with van der Waals surface area (Å²) in [5.41, 5.74) is 4.05. The number of hydrogen-bond acceptors (Lipinski definition) is 5. The van der Waals surface area contributed by atoms with E-state index in [1.165, 1.54) is 0 Å². The summed E-state index contributed by atoms with van der Waals surface area (Å²) in [5.74, 6) is 0.686. The third-order valence-corrected chi connectivity index (χ3v) is 4.44. The Balaban J connectivity index is 1.73. The molecule has 0 saturated carbocycles. The molecule has 2 aromatic rings. The molecule has 1 aromatic carbocycles. The summed E-state index contributed by atoms with van der Waals surface area (Å²) in [6.45, 7) is 8.74. The molecule has 0 bridgehead atoms. The molecule has 138 valence electrons. The van der Waals surface area contributed by atoms with E-state index >= 15 is 0 Å². The number of nitrogens with zero attached hydrogens (tertiary/aromatic N) is 3. The van der Waals surface area contributed by atoms with Crippen molar-refractivity contribution in [1.29, 1.82) is 0 Å². The van der Waals surface area contributed by atoms with E-state index in [1.54, 1.807) is 0 Å². The number of benzene rings is 1. The molecule has 26 heavy (non-hydrogen) atoms. The molecule has 7 heteroatoms. The number of carbonyl (C=O) groups excluding carboxylic acids is 1. The van der Waals surface area contributed by atoms with Crippen molar-refractivity contribution in [3.63, 3.8) is 0 Å². The average Bonchev–Trinajstić information content (AvgIpc) is 2.65. The van der Waals surface area contributed by atoms with Crippen LogP contribution in [0.15, 0.2) is 24.3 Å². The summed E-state index contributed by atoms with van der Waals surface area (Å²) in [4.78, 5) is 23.7. The maximum absolute atomic E-state index is 12.4. The van der Waals surface area contributed by atoms with Crippen LogP contribution >= 0.6 is 0 Å². The molecule has 1 saturated heterocycles. The predicted octanol–water partition coefficient (Wildman–Crippen LogP) is 3.14. The van der Waals surface area contributed by atoms with Gasteiger partial charge in [0.05, 0.1) is 30.3 Å². The first-order valence-electron chi connectivity index (χ1n) is 8.92. The lowest BCUT2D eigenvalue weighted by molar-refractivity contribution is 0.122. The number of ether oxygens (including phenoxy) is 1. The number of carbonyl (C=O) groups is 1. The zero-order chi connectivity index (χ0) is 18.5. The van der Waals surface area contributed by atoms with E-state index in [1.807, 2.05) is 38.1 Å². The number of aryl methyl sites for hydroxylation is 3. The highest BCUT2D eigenvalue weighted by atomic mass is 16.5. The molecular formula is C19H25N5O2. The van der Waals surface area contributed by atoms with Crippen LogP contribution in [0.3, 0.4) is 0 Å². The molecule has 2 N–H and O–H groups in total. The van der Waals surface area contributed by atoms with E-state index in [0.29, 0.717) is 24.8 Å². The zero-order valence-electron chi connectivity index (χ0n) is 15.5. The molecule has 2 heterocycles. The summed E-state index contributed by atoms with van der Waals surface area (Å²) >= 11 is 0. The second-order valence-electron chi connectivity index (χ2n) is 6.26. The van der Waals surface area contributed by atoms with Gasteiger partial charge in [0.15, 0.2) is 0 Å². The van der Waals surface area contributed by atoms with E-state index in [2.05, 4.69) is 32.4 Å². The Morgan fingerprint density at radius 1 is 1.12 bits per heavy atom. The standard InChI is InChI=1S/C19H25N5O2/c1-4-15-7-5-6-8-16(15)22-19(25)23-17-13(2)20-18(21-14(17)3)24-9-11-26-12-10-24/h5-8H,4,9-12H2,1-3H3,(H2,22,23,25). The Labute approximate surface area is 153 Å². The zero-order valence-corrected chi connectivity index (χ0v) is 15.5. The number of hydrogen-bond donors (Lipinski definition) is 2. The highest BCUT2D eigenvalue weighted by molar-refractivity contribution is 6.00. The fourth-order valence-corrected chi connectivity index (χ4v) is 3.00. The van der Waals surface area contributed by atoms with Crippen LogP contribution < -0.4 is 15.5 Å². The van der Waals surface area contributed by atoms with Gasteiger partial charge >= 0.3 is 6.03 Å². The summed E-state index contributed by atoms with van der Waals surface area (Å²) in [7, 11) is 0. The third kappa shape index (κ3) is 4.11. The quantitative estimate of drug-likeness (QED) is 0.881. The first kappa shape index (κ1) is 18.1. The van der Waals surface area contributed by atoms with Gasteiger partial charge in [0, 0.05) is 18.8 Å². The lowest BCUT2D eigenvalue weighted by Gasteiger charge is -2.27. The van der Waals surface area contributed by atoms with Crippen LogP contribution in [0.5, 0.6) is 0 Å². The maximum atomic E-state index is 12.4. The predicted molar refractivity (Wildman–Crippen MR) is 103 cm³/mol. The molecule has 7 nitrogen and oxygen atoms in total. The first-order valence-corrected chi connectivity index (χ1v) is 8.92. The Morgan fingerprint density at radius 2 is 1.77 bits per heavy atom. The van der Waals surface area contributed by atoms with Gasteiger partial charge in [-0.15, -0.1) is 0 Å². The molecule has 0 unspecified atom stereocenters. The van der Waals surface area contributed by atoms with Gasteiger partial charge in [0.25, 0.3) is 0 Å². The Morgan fingerprint density at radius 3 is 2.42 bits per heavy atom. The molecule has 1 aromatic heterocycles. The van der Waals surface area contributed by atoms with E-state index in [9.17, 15) is 4.79 Å². The lowest BCUT2D eigenvalue weighted by Crippen LogP contribution is -2.37. The number of morpholine rings is 1. The van der Waals surface area contributed by atoms with Crippen LogP contribution in [-0.2, 0) is 11.2 Å². The van der Waals surface area contributed by atoms with Gasteiger partial charge in [-0.1, -0.05) is 25.1 Å². The van der Waals surface area contributed by atoms with Crippen LogP contribution in [0.2, 0.25) is 0 Å². The Hall–Kier alpha value is -2.67. The lowest BCUT2D eigenvalue weighted by atomic mass is 10.1. The number of nitrogens with one attached hydrogen (secondary N) is 2. The number of anilines is 3.